The van der Waals surface area contributed by atoms with Gasteiger partial charge >= 0.3 is 5.97 Å². The maximum absolute atomic E-state index is 10.6. The molecule has 0 unspecified atom stereocenters. The summed E-state index contributed by atoms with van der Waals surface area (Å²) in [7, 11) is 0. The minimum absolute atomic E-state index is 0.0329. The third-order valence-electron chi connectivity index (χ3n) is 1.94. The molecule has 0 aromatic heterocycles. The first-order valence-corrected chi connectivity index (χ1v) is 5.81. The van der Waals surface area contributed by atoms with Crippen molar-refractivity contribution in [3.05, 3.63) is 32.2 Å². The summed E-state index contributed by atoms with van der Waals surface area (Å²) >= 11 is 6.75. The monoisotopic (exact) mass is 320 g/mol. The van der Waals surface area contributed by atoms with Crippen LogP contribution in [-0.2, 0) is 17.6 Å². The Hall–Kier alpha value is -0.350. The van der Waals surface area contributed by atoms with Crippen LogP contribution in [0.15, 0.2) is 21.1 Å². The highest BCUT2D eigenvalue weighted by Gasteiger charge is 2.10. The number of carboxylic acids is 1. The van der Waals surface area contributed by atoms with Gasteiger partial charge in [-0.05, 0) is 29.7 Å². The third-order valence-corrected chi connectivity index (χ3v) is 3.35. The number of aryl methyl sites for hydroxylation is 1. The average molecular weight is 322 g/mol. The molecule has 0 atom stereocenters. The topological polar surface area (TPSA) is 37.3 Å². The van der Waals surface area contributed by atoms with Crippen LogP contribution < -0.4 is 0 Å². The molecule has 0 saturated heterocycles. The highest BCUT2D eigenvalue weighted by Crippen LogP contribution is 2.28. The van der Waals surface area contributed by atoms with Crippen LogP contribution in [0.3, 0.4) is 0 Å². The van der Waals surface area contributed by atoms with E-state index >= 15 is 0 Å². The molecule has 4 heteroatoms. The largest absolute Gasteiger partial charge is 0.481 e. The van der Waals surface area contributed by atoms with Crippen molar-refractivity contribution in [2.75, 3.05) is 0 Å². The van der Waals surface area contributed by atoms with E-state index in [0.717, 1.165) is 20.9 Å². The van der Waals surface area contributed by atoms with Gasteiger partial charge in [-0.2, -0.15) is 0 Å². The Morgan fingerprint density at radius 3 is 2.21 bits per heavy atom. The Bertz CT molecular complexity index is 338. The fourth-order valence-electron chi connectivity index (χ4n) is 1.18. The van der Waals surface area contributed by atoms with E-state index in [1.165, 1.54) is 5.56 Å². The lowest BCUT2D eigenvalue weighted by atomic mass is 10.1. The van der Waals surface area contributed by atoms with Gasteiger partial charge in [0.2, 0.25) is 0 Å². The zero-order chi connectivity index (χ0) is 10.7. The Balaban J connectivity index is 3.11. The van der Waals surface area contributed by atoms with Crippen LogP contribution in [0.4, 0.5) is 0 Å². The van der Waals surface area contributed by atoms with Crippen molar-refractivity contribution in [1.82, 2.24) is 0 Å². The summed E-state index contributed by atoms with van der Waals surface area (Å²) in [5, 5.41) is 8.70. The van der Waals surface area contributed by atoms with Gasteiger partial charge in [0.1, 0.15) is 0 Å². The highest BCUT2D eigenvalue weighted by molar-refractivity contribution is 9.11. The number of carboxylic acid groups (broad SMARTS) is 1. The maximum atomic E-state index is 10.6. The summed E-state index contributed by atoms with van der Waals surface area (Å²) in [6.07, 6.45) is 0.968. The number of hydrogen-bond donors (Lipinski definition) is 1. The van der Waals surface area contributed by atoms with Crippen molar-refractivity contribution >= 4 is 37.8 Å². The van der Waals surface area contributed by atoms with Crippen LogP contribution in [0.1, 0.15) is 18.1 Å². The Labute approximate surface area is 99.6 Å². The Morgan fingerprint density at radius 2 is 1.86 bits per heavy atom. The van der Waals surface area contributed by atoms with Crippen molar-refractivity contribution in [3.63, 3.8) is 0 Å². The van der Waals surface area contributed by atoms with E-state index in [9.17, 15) is 4.79 Å². The molecule has 76 valence electrons. The van der Waals surface area contributed by atoms with E-state index in [-0.39, 0.29) is 6.42 Å². The summed E-state index contributed by atoms with van der Waals surface area (Å²) in [6, 6.07) is 3.92. The van der Waals surface area contributed by atoms with Gasteiger partial charge in [-0.3, -0.25) is 4.79 Å². The summed E-state index contributed by atoms with van der Waals surface area (Å²) in [6.45, 7) is 2.06. The Kier molecular flexibility index (Phi) is 4.13. The fourth-order valence-corrected chi connectivity index (χ4v) is 2.74. The van der Waals surface area contributed by atoms with Gasteiger partial charge in [0.05, 0.1) is 6.42 Å². The average Bonchev–Trinajstić information content (AvgIpc) is 2.10. The smallest absolute Gasteiger partial charge is 0.307 e. The lowest BCUT2D eigenvalue weighted by Gasteiger charge is -2.07. The molecule has 0 heterocycles. The first-order valence-electron chi connectivity index (χ1n) is 4.23. The molecular weight excluding hydrogens is 312 g/mol. The van der Waals surface area contributed by atoms with Crippen LogP contribution >= 0.6 is 31.9 Å². The third kappa shape index (κ3) is 2.82. The predicted octanol–water partition coefficient (Wildman–Crippen LogP) is 3.40. The summed E-state index contributed by atoms with van der Waals surface area (Å²) in [5.41, 5.74) is 1.97. The highest BCUT2D eigenvalue weighted by atomic mass is 79.9. The van der Waals surface area contributed by atoms with Gasteiger partial charge in [0, 0.05) is 8.95 Å². The standard InChI is InChI=1S/C10H10Br2O2/c1-2-6-3-8(11)7(5-10(13)14)9(12)4-6/h3-4H,2,5H2,1H3,(H,13,14). The molecular formula is C10H10Br2O2. The van der Waals surface area contributed by atoms with Gasteiger partial charge in [-0.15, -0.1) is 0 Å². The minimum atomic E-state index is -0.823. The van der Waals surface area contributed by atoms with Crippen molar-refractivity contribution in [2.24, 2.45) is 0 Å². The summed E-state index contributed by atoms with van der Waals surface area (Å²) in [5.74, 6) is -0.823. The van der Waals surface area contributed by atoms with Crippen LogP contribution in [-0.4, -0.2) is 11.1 Å². The Morgan fingerprint density at radius 1 is 1.36 bits per heavy atom. The molecule has 1 aromatic carbocycles. The van der Waals surface area contributed by atoms with Crippen molar-refractivity contribution in [1.29, 1.82) is 0 Å². The van der Waals surface area contributed by atoms with Crippen LogP contribution in [0.5, 0.6) is 0 Å². The first kappa shape index (κ1) is 11.7. The zero-order valence-electron chi connectivity index (χ0n) is 7.68. The first-order chi connectivity index (χ1) is 6.54. The fraction of sp³-hybridized carbons (Fsp3) is 0.300. The van der Waals surface area contributed by atoms with E-state index in [4.69, 9.17) is 5.11 Å². The molecule has 0 aliphatic carbocycles. The molecule has 1 aromatic rings. The van der Waals surface area contributed by atoms with Crippen molar-refractivity contribution in [2.45, 2.75) is 19.8 Å². The van der Waals surface area contributed by atoms with Gasteiger partial charge in [0.25, 0.3) is 0 Å². The number of rotatable bonds is 3. The quantitative estimate of drug-likeness (QED) is 0.926. The molecule has 14 heavy (non-hydrogen) atoms. The van der Waals surface area contributed by atoms with Crippen molar-refractivity contribution in [3.8, 4) is 0 Å². The number of carbonyl (C=O) groups is 1. The maximum Gasteiger partial charge on any atom is 0.307 e. The molecule has 0 amide bonds. The lowest BCUT2D eigenvalue weighted by Crippen LogP contribution is -2.02. The van der Waals surface area contributed by atoms with Gasteiger partial charge in [-0.1, -0.05) is 38.8 Å². The molecule has 0 spiro atoms. The summed E-state index contributed by atoms with van der Waals surface area (Å²) < 4.78 is 1.71. The molecule has 1 N–H and O–H groups in total. The van der Waals surface area contributed by atoms with Gasteiger partial charge in [-0.25, -0.2) is 0 Å². The van der Waals surface area contributed by atoms with E-state index in [0.29, 0.717) is 0 Å². The normalized spacial score (nSPS) is 10.2. The van der Waals surface area contributed by atoms with Crippen LogP contribution in [0.2, 0.25) is 0 Å². The SMILES string of the molecule is CCc1cc(Br)c(CC(=O)O)c(Br)c1. The van der Waals surface area contributed by atoms with Gasteiger partial charge < -0.3 is 5.11 Å². The van der Waals surface area contributed by atoms with E-state index < -0.39 is 5.97 Å². The zero-order valence-corrected chi connectivity index (χ0v) is 10.9. The number of hydrogen-bond acceptors (Lipinski definition) is 1. The van der Waals surface area contributed by atoms with E-state index in [1.54, 1.807) is 0 Å². The molecule has 0 saturated carbocycles. The van der Waals surface area contributed by atoms with E-state index in [2.05, 4.69) is 38.8 Å². The molecule has 0 aliphatic heterocycles. The number of halogens is 2. The van der Waals surface area contributed by atoms with Crippen LogP contribution in [0, 0.1) is 0 Å². The minimum Gasteiger partial charge on any atom is -0.481 e. The molecule has 0 fully saturated rings. The molecule has 1 rings (SSSR count). The summed E-state index contributed by atoms with van der Waals surface area (Å²) in [4.78, 5) is 10.6. The molecule has 0 aliphatic rings. The van der Waals surface area contributed by atoms with E-state index in [1.807, 2.05) is 12.1 Å². The number of aliphatic carboxylic acids is 1. The molecule has 0 radical (unpaired) electrons. The second-order valence-electron chi connectivity index (χ2n) is 2.96. The van der Waals surface area contributed by atoms with Gasteiger partial charge in [0.15, 0.2) is 0 Å². The predicted molar refractivity (Wildman–Crippen MR) is 62.6 cm³/mol. The molecule has 0 bridgehead atoms. The van der Waals surface area contributed by atoms with Crippen molar-refractivity contribution < 1.29 is 9.90 Å². The number of benzene rings is 1. The van der Waals surface area contributed by atoms with Crippen LogP contribution in [0.25, 0.3) is 0 Å². The lowest BCUT2D eigenvalue weighted by molar-refractivity contribution is -0.136. The second-order valence-corrected chi connectivity index (χ2v) is 4.67. The molecule has 2 nitrogen and oxygen atoms in total. The second kappa shape index (κ2) is 4.94.